The highest BCUT2D eigenvalue weighted by atomic mass is 32.2. The molecule has 0 spiro atoms. The summed E-state index contributed by atoms with van der Waals surface area (Å²) in [7, 11) is -2.06. The molecule has 0 bridgehead atoms. The van der Waals surface area contributed by atoms with E-state index in [2.05, 4.69) is 10.0 Å². The minimum atomic E-state index is -3.61. The largest absolute Gasteiger partial charge is 0.383 e. The molecule has 7 heteroatoms. The molecule has 1 rings (SSSR count). The van der Waals surface area contributed by atoms with E-state index in [-0.39, 0.29) is 10.8 Å². The number of hydrogen-bond donors (Lipinski definition) is 2. The van der Waals surface area contributed by atoms with E-state index in [1.807, 2.05) is 13.8 Å². The average Bonchev–Trinajstić information content (AvgIpc) is 2.47. The number of carbonyl (C=O) groups excluding carboxylic acids is 1. The van der Waals surface area contributed by atoms with Gasteiger partial charge < -0.3 is 10.1 Å². The van der Waals surface area contributed by atoms with Crippen molar-refractivity contribution in [2.75, 3.05) is 26.8 Å². The SMILES string of the molecule is COCCNC(=O)c1cc(S(=O)(=O)NCCC(C)C)ccc1C. The molecule has 130 valence electrons. The molecule has 0 aliphatic rings. The second kappa shape index (κ2) is 9.00. The van der Waals surface area contributed by atoms with Crippen LogP contribution in [-0.2, 0) is 14.8 Å². The van der Waals surface area contributed by atoms with Gasteiger partial charge in [0.15, 0.2) is 0 Å². The molecule has 0 fully saturated rings. The lowest BCUT2D eigenvalue weighted by atomic mass is 10.1. The fourth-order valence-corrected chi connectivity index (χ4v) is 3.01. The van der Waals surface area contributed by atoms with Crippen molar-refractivity contribution in [1.29, 1.82) is 0 Å². The first-order valence-electron chi connectivity index (χ1n) is 7.65. The first kappa shape index (κ1) is 19.6. The third kappa shape index (κ3) is 6.29. The molecule has 0 aliphatic carbocycles. The van der Waals surface area contributed by atoms with Crippen LogP contribution in [0.3, 0.4) is 0 Å². The van der Waals surface area contributed by atoms with Crippen LogP contribution in [0.2, 0.25) is 0 Å². The highest BCUT2D eigenvalue weighted by Crippen LogP contribution is 2.16. The van der Waals surface area contributed by atoms with Gasteiger partial charge in [-0.05, 0) is 37.0 Å². The van der Waals surface area contributed by atoms with Crippen molar-refractivity contribution in [2.24, 2.45) is 5.92 Å². The van der Waals surface area contributed by atoms with Crippen LogP contribution in [0.15, 0.2) is 23.1 Å². The van der Waals surface area contributed by atoms with Crippen LogP contribution >= 0.6 is 0 Å². The first-order chi connectivity index (χ1) is 10.8. The van der Waals surface area contributed by atoms with Crippen molar-refractivity contribution in [2.45, 2.75) is 32.1 Å². The molecule has 6 nitrogen and oxygen atoms in total. The second-order valence-electron chi connectivity index (χ2n) is 5.81. The zero-order valence-corrected chi connectivity index (χ0v) is 15.0. The summed E-state index contributed by atoms with van der Waals surface area (Å²) in [5.74, 6) is 0.108. The van der Waals surface area contributed by atoms with Crippen molar-refractivity contribution in [3.05, 3.63) is 29.3 Å². The van der Waals surface area contributed by atoms with E-state index in [0.717, 1.165) is 12.0 Å². The molecule has 0 aliphatic heterocycles. The summed E-state index contributed by atoms with van der Waals surface area (Å²) in [5.41, 5.74) is 1.08. The Kier molecular flexibility index (Phi) is 7.67. The van der Waals surface area contributed by atoms with Gasteiger partial charge in [-0.3, -0.25) is 4.79 Å². The Balaban J connectivity index is 2.88. The van der Waals surface area contributed by atoms with E-state index in [9.17, 15) is 13.2 Å². The molecule has 0 atom stereocenters. The monoisotopic (exact) mass is 342 g/mol. The number of sulfonamides is 1. The van der Waals surface area contributed by atoms with Gasteiger partial charge in [-0.15, -0.1) is 0 Å². The van der Waals surface area contributed by atoms with Crippen molar-refractivity contribution in [3.63, 3.8) is 0 Å². The second-order valence-corrected chi connectivity index (χ2v) is 7.57. The van der Waals surface area contributed by atoms with Gasteiger partial charge in [0.2, 0.25) is 10.0 Å². The highest BCUT2D eigenvalue weighted by Gasteiger charge is 2.17. The van der Waals surface area contributed by atoms with E-state index >= 15 is 0 Å². The van der Waals surface area contributed by atoms with Gasteiger partial charge in [0.05, 0.1) is 11.5 Å². The number of aryl methyl sites for hydroxylation is 1. The summed E-state index contributed by atoms with van der Waals surface area (Å²) in [4.78, 5) is 12.2. The molecule has 0 saturated carbocycles. The molecule has 0 heterocycles. The molecule has 0 radical (unpaired) electrons. The molecular weight excluding hydrogens is 316 g/mol. The minimum Gasteiger partial charge on any atom is -0.383 e. The number of nitrogens with one attached hydrogen (secondary N) is 2. The van der Waals surface area contributed by atoms with E-state index in [0.29, 0.717) is 31.2 Å². The van der Waals surface area contributed by atoms with E-state index < -0.39 is 10.0 Å². The summed E-state index contributed by atoms with van der Waals surface area (Å²) < 4.78 is 32.0. The predicted molar refractivity (Wildman–Crippen MR) is 90.0 cm³/mol. The van der Waals surface area contributed by atoms with E-state index in [1.165, 1.54) is 12.1 Å². The maximum atomic E-state index is 12.3. The summed E-state index contributed by atoms with van der Waals surface area (Å²) in [6, 6.07) is 4.57. The van der Waals surface area contributed by atoms with Gasteiger partial charge in [-0.1, -0.05) is 19.9 Å². The Morgan fingerprint density at radius 2 is 1.96 bits per heavy atom. The molecule has 1 aromatic carbocycles. The van der Waals surface area contributed by atoms with Gasteiger partial charge in [0.1, 0.15) is 0 Å². The number of rotatable bonds is 9. The Morgan fingerprint density at radius 3 is 2.57 bits per heavy atom. The standard InChI is InChI=1S/C16H26N2O4S/c1-12(2)7-8-18-23(20,21)14-6-5-13(3)15(11-14)16(19)17-9-10-22-4/h5-6,11-12,18H,7-10H2,1-4H3,(H,17,19). The van der Waals surface area contributed by atoms with Gasteiger partial charge in [-0.25, -0.2) is 13.1 Å². The van der Waals surface area contributed by atoms with Crippen LogP contribution in [0.4, 0.5) is 0 Å². The topological polar surface area (TPSA) is 84.5 Å². The quantitative estimate of drug-likeness (QED) is 0.669. The van der Waals surface area contributed by atoms with Gasteiger partial charge >= 0.3 is 0 Å². The predicted octanol–water partition coefficient (Wildman–Crippen LogP) is 1.70. The van der Waals surface area contributed by atoms with Crippen molar-refractivity contribution in [3.8, 4) is 0 Å². The van der Waals surface area contributed by atoms with Crippen LogP contribution in [0, 0.1) is 12.8 Å². The molecule has 1 aromatic rings. The van der Waals surface area contributed by atoms with Gasteiger partial charge in [-0.2, -0.15) is 0 Å². The van der Waals surface area contributed by atoms with Crippen molar-refractivity contribution >= 4 is 15.9 Å². The normalized spacial score (nSPS) is 11.7. The highest BCUT2D eigenvalue weighted by molar-refractivity contribution is 7.89. The molecular formula is C16H26N2O4S. The summed E-state index contributed by atoms with van der Waals surface area (Å²) in [6.07, 6.45) is 0.759. The smallest absolute Gasteiger partial charge is 0.251 e. The van der Waals surface area contributed by atoms with Crippen LogP contribution in [0.5, 0.6) is 0 Å². The van der Waals surface area contributed by atoms with Crippen molar-refractivity contribution in [1.82, 2.24) is 10.0 Å². The Hall–Kier alpha value is -1.44. The maximum Gasteiger partial charge on any atom is 0.251 e. The Labute approximate surface area is 138 Å². The third-order valence-electron chi connectivity index (χ3n) is 3.37. The molecule has 23 heavy (non-hydrogen) atoms. The number of hydrogen-bond acceptors (Lipinski definition) is 4. The fraction of sp³-hybridized carbons (Fsp3) is 0.562. The molecule has 0 saturated heterocycles. The Morgan fingerprint density at radius 1 is 1.26 bits per heavy atom. The zero-order valence-electron chi connectivity index (χ0n) is 14.2. The molecule has 2 N–H and O–H groups in total. The number of amides is 1. The summed E-state index contributed by atoms with van der Waals surface area (Å²) in [6.45, 7) is 6.99. The van der Waals surface area contributed by atoms with E-state index in [4.69, 9.17) is 4.74 Å². The number of benzene rings is 1. The van der Waals surface area contributed by atoms with Crippen LogP contribution < -0.4 is 10.0 Å². The first-order valence-corrected chi connectivity index (χ1v) is 9.13. The minimum absolute atomic E-state index is 0.101. The summed E-state index contributed by atoms with van der Waals surface area (Å²) >= 11 is 0. The van der Waals surface area contributed by atoms with Crippen LogP contribution in [-0.4, -0.2) is 41.1 Å². The number of carbonyl (C=O) groups is 1. The molecule has 0 aromatic heterocycles. The van der Waals surface area contributed by atoms with Gasteiger partial charge in [0, 0.05) is 25.8 Å². The Bertz CT molecular complexity index is 627. The van der Waals surface area contributed by atoms with Crippen LogP contribution in [0.25, 0.3) is 0 Å². The summed E-state index contributed by atoms with van der Waals surface area (Å²) in [5, 5.41) is 2.70. The molecule has 0 unspecified atom stereocenters. The lowest BCUT2D eigenvalue weighted by Crippen LogP contribution is -2.29. The number of ether oxygens (including phenoxy) is 1. The van der Waals surface area contributed by atoms with E-state index in [1.54, 1.807) is 20.1 Å². The molecule has 1 amide bonds. The number of methoxy groups -OCH3 is 1. The fourth-order valence-electron chi connectivity index (χ4n) is 1.94. The lowest BCUT2D eigenvalue weighted by Gasteiger charge is -2.11. The lowest BCUT2D eigenvalue weighted by molar-refractivity contribution is 0.0936. The third-order valence-corrected chi connectivity index (χ3v) is 4.83. The average molecular weight is 342 g/mol. The van der Waals surface area contributed by atoms with Crippen molar-refractivity contribution < 1.29 is 17.9 Å². The van der Waals surface area contributed by atoms with Gasteiger partial charge in [0.25, 0.3) is 5.91 Å². The zero-order chi connectivity index (χ0) is 17.5. The maximum absolute atomic E-state index is 12.3. The van der Waals surface area contributed by atoms with Crippen LogP contribution in [0.1, 0.15) is 36.2 Å².